The summed E-state index contributed by atoms with van der Waals surface area (Å²) < 4.78 is 6.09. The first-order valence-electron chi connectivity index (χ1n) is 9.22. The van der Waals surface area contributed by atoms with Crippen LogP contribution in [-0.2, 0) is 11.3 Å². The number of nitrogens with one attached hydrogen (secondary N) is 1. The Kier molecular flexibility index (Phi) is 5.15. The van der Waals surface area contributed by atoms with Crippen molar-refractivity contribution in [1.82, 2.24) is 15.1 Å². The average molecular weight is 398 g/mol. The third-order valence-corrected chi connectivity index (χ3v) is 6.49. The minimum atomic E-state index is -0.460. The normalized spacial score (nSPS) is 17.7. The molecule has 1 aromatic carbocycles. The topological polar surface area (TPSA) is 101 Å². The summed E-state index contributed by atoms with van der Waals surface area (Å²) in [4.78, 5) is 27.0. The predicted octanol–water partition coefficient (Wildman–Crippen LogP) is 2.89. The molecule has 1 amide bonds. The molecular formula is C20H22N4O3S. The molecule has 146 valence electrons. The Hall–Kier alpha value is -2.71. The summed E-state index contributed by atoms with van der Waals surface area (Å²) in [5.74, 6) is -0.600. The highest BCUT2D eigenvalue weighted by Gasteiger charge is 2.28. The number of benzene rings is 1. The molecule has 3 heterocycles. The summed E-state index contributed by atoms with van der Waals surface area (Å²) in [6.07, 6.45) is 3.46. The highest BCUT2D eigenvalue weighted by atomic mass is 32.1. The molecule has 1 saturated heterocycles. The van der Waals surface area contributed by atoms with Crippen LogP contribution >= 0.6 is 11.3 Å². The number of carbonyl (C=O) groups excluding carboxylic acids is 2. The van der Waals surface area contributed by atoms with Gasteiger partial charge in [0.2, 0.25) is 0 Å². The molecule has 1 aliphatic heterocycles. The van der Waals surface area contributed by atoms with E-state index in [2.05, 4.69) is 21.2 Å². The van der Waals surface area contributed by atoms with E-state index in [1.807, 2.05) is 18.2 Å². The number of rotatable bonds is 5. The van der Waals surface area contributed by atoms with Gasteiger partial charge in [-0.1, -0.05) is 18.2 Å². The molecule has 1 aliphatic rings. The monoisotopic (exact) mass is 398 g/mol. The molecule has 1 atom stereocenters. The molecule has 1 fully saturated rings. The van der Waals surface area contributed by atoms with Crippen molar-refractivity contribution in [3.63, 3.8) is 0 Å². The third-order valence-electron chi connectivity index (χ3n) is 5.30. The highest BCUT2D eigenvalue weighted by molar-refractivity contribution is 7.21. The Morgan fingerprint density at radius 1 is 1.39 bits per heavy atom. The van der Waals surface area contributed by atoms with Crippen molar-refractivity contribution >= 4 is 33.3 Å². The number of methoxy groups -OCH3 is 1. The maximum Gasteiger partial charge on any atom is 0.348 e. The number of H-pyrrole nitrogens is 1. The van der Waals surface area contributed by atoms with Crippen molar-refractivity contribution < 1.29 is 14.3 Å². The lowest BCUT2D eigenvalue weighted by atomic mass is 9.92. The molecule has 0 spiro atoms. The van der Waals surface area contributed by atoms with Crippen LogP contribution in [0.2, 0.25) is 0 Å². The van der Waals surface area contributed by atoms with Crippen LogP contribution in [0.25, 0.3) is 10.1 Å². The molecule has 0 bridgehead atoms. The number of nitrogens with zero attached hydrogens (tertiary/aromatic N) is 2. The van der Waals surface area contributed by atoms with Gasteiger partial charge in [0.15, 0.2) is 0 Å². The average Bonchev–Trinajstić information content (AvgIpc) is 3.33. The Bertz CT molecular complexity index is 1030. The van der Waals surface area contributed by atoms with Crippen molar-refractivity contribution in [1.29, 1.82) is 0 Å². The number of aromatic amines is 1. The number of hydrogen-bond donors (Lipinski definition) is 2. The lowest BCUT2D eigenvalue weighted by Crippen LogP contribution is -2.35. The van der Waals surface area contributed by atoms with Crippen LogP contribution in [0, 0.1) is 0 Å². The number of carbonyl (C=O) groups is 2. The summed E-state index contributed by atoms with van der Waals surface area (Å²) in [5.41, 5.74) is 7.75. The van der Waals surface area contributed by atoms with Crippen molar-refractivity contribution in [3.8, 4) is 0 Å². The Labute approximate surface area is 166 Å². The lowest BCUT2D eigenvalue weighted by molar-refractivity contribution is 0.0603. The third kappa shape index (κ3) is 3.41. The summed E-state index contributed by atoms with van der Waals surface area (Å²) in [7, 11) is 1.41. The van der Waals surface area contributed by atoms with Crippen LogP contribution in [0.4, 0.5) is 0 Å². The molecule has 0 radical (unpaired) electrons. The Morgan fingerprint density at radius 2 is 2.21 bits per heavy atom. The van der Waals surface area contributed by atoms with Gasteiger partial charge in [0.1, 0.15) is 4.88 Å². The van der Waals surface area contributed by atoms with Crippen LogP contribution < -0.4 is 5.73 Å². The van der Waals surface area contributed by atoms with Gasteiger partial charge < -0.3 is 10.5 Å². The number of likely N-dealkylation sites (tertiary alicyclic amines) is 1. The van der Waals surface area contributed by atoms with Gasteiger partial charge in [-0.25, -0.2) is 4.79 Å². The smallest absolute Gasteiger partial charge is 0.348 e. The second-order valence-electron chi connectivity index (χ2n) is 7.03. The molecule has 2 aromatic heterocycles. The number of thiophene rings is 1. The van der Waals surface area contributed by atoms with E-state index < -0.39 is 5.91 Å². The molecule has 28 heavy (non-hydrogen) atoms. The zero-order valence-electron chi connectivity index (χ0n) is 15.6. The Balaban J connectivity index is 1.61. The van der Waals surface area contributed by atoms with E-state index in [9.17, 15) is 9.59 Å². The first-order chi connectivity index (χ1) is 13.6. The Morgan fingerprint density at radius 3 is 3.00 bits per heavy atom. The van der Waals surface area contributed by atoms with Crippen molar-refractivity contribution in [2.45, 2.75) is 25.3 Å². The van der Waals surface area contributed by atoms with E-state index in [0.717, 1.165) is 47.3 Å². The van der Waals surface area contributed by atoms with Gasteiger partial charge in [-0.2, -0.15) is 5.10 Å². The van der Waals surface area contributed by atoms with Gasteiger partial charge in [0.25, 0.3) is 5.91 Å². The number of primary amides is 1. The zero-order valence-corrected chi connectivity index (χ0v) is 16.4. The number of ether oxygens (including phenoxy) is 1. The number of nitrogens with two attached hydrogens (primary N) is 1. The molecule has 7 nitrogen and oxygen atoms in total. The van der Waals surface area contributed by atoms with Gasteiger partial charge in [-0.15, -0.1) is 11.3 Å². The van der Waals surface area contributed by atoms with Gasteiger partial charge in [-0.05, 0) is 36.4 Å². The molecule has 8 heteroatoms. The fourth-order valence-corrected chi connectivity index (χ4v) is 5.11. The fourth-order valence-electron chi connectivity index (χ4n) is 3.98. The number of hydrogen-bond acceptors (Lipinski definition) is 6. The van der Waals surface area contributed by atoms with Crippen LogP contribution in [0.5, 0.6) is 0 Å². The summed E-state index contributed by atoms with van der Waals surface area (Å²) in [6, 6.07) is 8.04. The largest absolute Gasteiger partial charge is 0.465 e. The molecule has 3 N–H and O–H groups in total. The molecule has 0 aliphatic carbocycles. The van der Waals surface area contributed by atoms with Crippen LogP contribution in [0.3, 0.4) is 0 Å². The van der Waals surface area contributed by atoms with Crippen LogP contribution in [-0.4, -0.2) is 47.2 Å². The number of esters is 1. The van der Waals surface area contributed by atoms with Crippen molar-refractivity contribution in [2.24, 2.45) is 5.73 Å². The van der Waals surface area contributed by atoms with Crippen molar-refractivity contribution in [2.75, 3.05) is 20.2 Å². The van der Waals surface area contributed by atoms with Crippen LogP contribution in [0.15, 0.2) is 30.5 Å². The molecule has 3 aromatic rings. The van der Waals surface area contributed by atoms with Gasteiger partial charge in [0.05, 0.1) is 24.6 Å². The zero-order chi connectivity index (χ0) is 19.7. The first-order valence-corrected chi connectivity index (χ1v) is 10.0. The fraction of sp³-hybridized carbons (Fsp3) is 0.350. The summed E-state index contributed by atoms with van der Waals surface area (Å²) in [6.45, 7) is 2.36. The second-order valence-corrected chi connectivity index (χ2v) is 8.09. The standard InChI is InChI=1S/C20H22N4O3S/c1-27-20(26)18-15(13-6-2-3-7-16(13)28-18)11-24-8-4-5-12(10-24)17-14(19(21)25)9-22-23-17/h2-3,6-7,9,12H,4-5,8,10-11H2,1H3,(H2,21,25)(H,22,23)/t12-/m1/s1. The first kappa shape index (κ1) is 18.6. The summed E-state index contributed by atoms with van der Waals surface area (Å²) >= 11 is 1.47. The summed E-state index contributed by atoms with van der Waals surface area (Å²) in [5, 5.41) is 8.05. The SMILES string of the molecule is COC(=O)c1sc2ccccc2c1CN1CCC[C@@H](c2[nH]ncc2C(N)=O)C1. The number of fused-ring (bicyclic) bond motifs is 1. The van der Waals surface area contributed by atoms with Gasteiger partial charge in [0, 0.05) is 23.7 Å². The second kappa shape index (κ2) is 7.73. The molecule has 0 saturated carbocycles. The quantitative estimate of drug-likeness (QED) is 0.644. The van der Waals surface area contributed by atoms with Gasteiger partial charge >= 0.3 is 5.97 Å². The molecular weight excluding hydrogens is 376 g/mol. The van der Waals surface area contributed by atoms with E-state index in [1.165, 1.54) is 24.6 Å². The van der Waals surface area contributed by atoms with Crippen LogP contribution in [0.1, 0.15) is 50.0 Å². The minimum absolute atomic E-state index is 0.158. The van der Waals surface area contributed by atoms with E-state index >= 15 is 0 Å². The number of amides is 1. The van der Waals surface area contributed by atoms with E-state index in [4.69, 9.17) is 10.5 Å². The minimum Gasteiger partial charge on any atom is -0.465 e. The number of aromatic nitrogens is 2. The maximum absolute atomic E-state index is 12.3. The maximum atomic E-state index is 12.3. The predicted molar refractivity (Wildman–Crippen MR) is 108 cm³/mol. The highest BCUT2D eigenvalue weighted by Crippen LogP contribution is 2.35. The van der Waals surface area contributed by atoms with Crippen molar-refractivity contribution in [3.05, 3.63) is 52.2 Å². The molecule has 4 rings (SSSR count). The molecule has 0 unspecified atom stereocenters. The van der Waals surface area contributed by atoms with Gasteiger partial charge in [-0.3, -0.25) is 14.8 Å². The number of piperidine rings is 1. The van der Waals surface area contributed by atoms with E-state index in [-0.39, 0.29) is 11.9 Å². The lowest BCUT2D eigenvalue weighted by Gasteiger charge is -2.32. The van der Waals surface area contributed by atoms with E-state index in [1.54, 1.807) is 0 Å². The van der Waals surface area contributed by atoms with E-state index in [0.29, 0.717) is 17.0 Å².